The number of β-amino-alcohol motifs (C(OH)–C–C–N with tert-alkyl or cyclic N) is 1. The van der Waals surface area contributed by atoms with Crippen molar-refractivity contribution in [1.82, 2.24) is 4.90 Å². The highest BCUT2D eigenvalue weighted by atomic mass is 32.2. The Morgan fingerprint density at radius 3 is 2.50 bits per heavy atom. The Hall–Kier alpha value is -1.40. The van der Waals surface area contributed by atoms with Crippen LogP contribution in [0.4, 0.5) is 0 Å². The second kappa shape index (κ2) is 5.54. The SMILES string of the molecule is C[C@]1(N(CCO)C(=O)c2ccccc2)CCS(=O)(=O)C1. The van der Waals surface area contributed by atoms with E-state index in [-0.39, 0.29) is 30.6 Å². The molecule has 110 valence electrons. The van der Waals surface area contributed by atoms with Crippen LogP contribution < -0.4 is 0 Å². The number of aliphatic hydroxyl groups is 1. The van der Waals surface area contributed by atoms with Crippen molar-refractivity contribution in [1.29, 1.82) is 0 Å². The van der Waals surface area contributed by atoms with Crippen molar-refractivity contribution < 1.29 is 18.3 Å². The van der Waals surface area contributed by atoms with Crippen LogP contribution in [0.25, 0.3) is 0 Å². The first kappa shape index (κ1) is 15.0. The van der Waals surface area contributed by atoms with E-state index in [2.05, 4.69) is 0 Å². The Bertz CT molecular complexity index is 584. The molecule has 1 atom stereocenters. The lowest BCUT2D eigenvalue weighted by molar-refractivity contribution is 0.0503. The number of benzene rings is 1. The van der Waals surface area contributed by atoms with E-state index in [1.165, 1.54) is 4.90 Å². The molecule has 0 spiro atoms. The highest BCUT2D eigenvalue weighted by Crippen LogP contribution is 2.30. The second-order valence-electron chi connectivity index (χ2n) is 5.39. The molecule has 1 aliphatic heterocycles. The van der Waals surface area contributed by atoms with E-state index >= 15 is 0 Å². The Labute approximate surface area is 119 Å². The van der Waals surface area contributed by atoms with Gasteiger partial charge in [-0.15, -0.1) is 0 Å². The molecule has 1 fully saturated rings. The Morgan fingerprint density at radius 1 is 1.35 bits per heavy atom. The highest BCUT2D eigenvalue weighted by molar-refractivity contribution is 7.91. The smallest absolute Gasteiger partial charge is 0.254 e. The summed E-state index contributed by atoms with van der Waals surface area (Å²) in [5, 5.41) is 9.19. The summed E-state index contributed by atoms with van der Waals surface area (Å²) in [4.78, 5) is 14.1. The molecule has 6 heteroatoms. The molecule has 2 rings (SSSR count). The number of carbonyl (C=O) groups excluding carboxylic acids is 1. The van der Waals surface area contributed by atoms with Crippen LogP contribution in [0.2, 0.25) is 0 Å². The Morgan fingerprint density at radius 2 is 2.00 bits per heavy atom. The summed E-state index contributed by atoms with van der Waals surface area (Å²) in [5.74, 6) is -0.189. The summed E-state index contributed by atoms with van der Waals surface area (Å²) < 4.78 is 23.4. The average molecular weight is 297 g/mol. The minimum atomic E-state index is -3.11. The van der Waals surface area contributed by atoms with E-state index < -0.39 is 15.4 Å². The maximum absolute atomic E-state index is 12.6. The van der Waals surface area contributed by atoms with Crippen LogP contribution in [0.1, 0.15) is 23.7 Å². The number of hydrogen-bond donors (Lipinski definition) is 1. The van der Waals surface area contributed by atoms with Crippen LogP contribution in [0.5, 0.6) is 0 Å². The highest BCUT2D eigenvalue weighted by Gasteiger charge is 2.44. The van der Waals surface area contributed by atoms with Gasteiger partial charge in [0.1, 0.15) is 0 Å². The van der Waals surface area contributed by atoms with Gasteiger partial charge in [-0.1, -0.05) is 18.2 Å². The van der Waals surface area contributed by atoms with Crippen molar-refractivity contribution in [3.05, 3.63) is 35.9 Å². The van der Waals surface area contributed by atoms with Crippen LogP contribution in [0.3, 0.4) is 0 Å². The van der Waals surface area contributed by atoms with Crippen LogP contribution in [0.15, 0.2) is 30.3 Å². The quantitative estimate of drug-likeness (QED) is 0.887. The predicted molar refractivity (Wildman–Crippen MR) is 76.2 cm³/mol. The molecule has 0 saturated carbocycles. The maximum Gasteiger partial charge on any atom is 0.254 e. The van der Waals surface area contributed by atoms with E-state index in [1.807, 2.05) is 6.07 Å². The topological polar surface area (TPSA) is 74.7 Å². The van der Waals surface area contributed by atoms with Gasteiger partial charge in [0.25, 0.3) is 5.91 Å². The van der Waals surface area contributed by atoms with E-state index in [1.54, 1.807) is 31.2 Å². The predicted octanol–water partition coefficient (Wildman–Crippen LogP) is 0.698. The van der Waals surface area contributed by atoms with Crippen LogP contribution in [0, 0.1) is 0 Å². The van der Waals surface area contributed by atoms with Gasteiger partial charge in [-0.3, -0.25) is 4.79 Å². The molecule has 1 amide bonds. The van der Waals surface area contributed by atoms with Gasteiger partial charge in [0, 0.05) is 12.1 Å². The summed E-state index contributed by atoms with van der Waals surface area (Å²) >= 11 is 0. The first-order valence-corrected chi connectivity index (χ1v) is 8.38. The van der Waals surface area contributed by atoms with Gasteiger partial charge < -0.3 is 10.0 Å². The average Bonchev–Trinajstić information content (AvgIpc) is 2.71. The van der Waals surface area contributed by atoms with Crippen molar-refractivity contribution >= 4 is 15.7 Å². The monoisotopic (exact) mass is 297 g/mol. The van der Waals surface area contributed by atoms with Gasteiger partial charge in [0.05, 0.1) is 23.7 Å². The van der Waals surface area contributed by atoms with Crippen LogP contribution in [-0.2, 0) is 9.84 Å². The Kier molecular flexibility index (Phi) is 4.15. The lowest BCUT2D eigenvalue weighted by Crippen LogP contribution is -2.51. The van der Waals surface area contributed by atoms with E-state index in [4.69, 9.17) is 0 Å². The molecule has 20 heavy (non-hydrogen) atoms. The summed E-state index contributed by atoms with van der Waals surface area (Å²) in [6.45, 7) is 1.72. The third-order valence-corrected chi connectivity index (χ3v) is 5.61. The fraction of sp³-hybridized carbons (Fsp3) is 0.500. The van der Waals surface area contributed by atoms with E-state index in [0.717, 1.165) is 0 Å². The van der Waals surface area contributed by atoms with Crippen molar-refractivity contribution in [3.63, 3.8) is 0 Å². The minimum absolute atomic E-state index is 0.0431. The minimum Gasteiger partial charge on any atom is -0.395 e. The van der Waals surface area contributed by atoms with Gasteiger partial charge in [-0.2, -0.15) is 0 Å². The lowest BCUT2D eigenvalue weighted by atomic mass is 9.98. The largest absolute Gasteiger partial charge is 0.395 e. The summed E-state index contributed by atoms with van der Waals surface area (Å²) in [7, 11) is -3.11. The lowest BCUT2D eigenvalue weighted by Gasteiger charge is -2.37. The van der Waals surface area contributed by atoms with E-state index in [0.29, 0.717) is 12.0 Å². The Balaban J connectivity index is 2.30. The maximum atomic E-state index is 12.6. The fourth-order valence-corrected chi connectivity index (χ4v) is 4.80. The van der Waals surface area contributed by atoms with Crippen molar-refractivity contribution in [2.24, 2.45) is 0 Å². The van der Waals surface area contributed by atoms with Gasteiger partial charge >= 0.3 is 0 Å². The molecule has 5 nitrogen and oxygen atoms in total. The van der Waals surface area contributed by atoms with Gasteiger partial charge in [-0.05, 0) is 25.5 Å². The summed E-state index contributed by atoms with van der Waals surface area (Å²) in [6.07, 6.45) is 0.411. The molecule has 0 aromatic heterocycles. The molecule has 1 saturated heterocycles. The first-order valence-electron chi connectivity index (χ1n) is 6.56. The first-order chi connectivity index (χ1) is 9.38. The molecule has 1 heterocycles. The number of carbonyl (C=O) groups is 1. The molecule has 1 aromatic rings. The zero-order valence-corrected chi connectivity index (χ0v) is 12.3. The molecule has 1 aliphatic rings. The zero-order valence-electron chi connectivity index (χ0n) is 11.4. The zero-order chi connectivity index (χ0) is 14.8. The van der Waals surface area contributed by atoms with Gasteiger partial charge in [-0.25, -0.2) is 8.42 Å². The molecule has 0 bridgehead atoms. The van der Waals surface area contributed by atoms with Crippen LogP contribution >= 0.6 is 0 Å². The van der Waals surface area contributed by atoms with Crippen molar-refractivity contribution in [2.45, 2.75) is 18.9 Å². The molecule has 0 unspecified atom stereocenters. The summed E-state index contributed by atoms with van der Waals surface area (Å²) in [6, 6.07) is 8.73. The van der Waals surface area contributed by atoms with Crippen molar-refractivity contribution in [3.8, 4) is 0 Å². The molecule has 0 radical (unpaired) electrons. The van der Waals surface area contributed by atoms with E-state index in [9.17, 15) is 18.3 Å². The van der Waals surface area contributed by atoms with Crippen LogP contribution in [-0.4, -0.2) is 54.5 Å². The number of hydrogen-bond acceptors (Lipinski definition) is 4. The molecule has 1 N–H and O–H groups in total. The standard InChI is InChI=1S/C14H19NO4S/c1-14(7-10-20(18,19)11-14)15(8-9-16)13(17)12-5-3-2-4-6-12/h2-6,16H,7-11H2,1H3/t14-/m0/s1. The fourth-order valence-electron chi connectivity index (χ4n) is 2.66. The number of sulfone groups is 1. The third kappa shape index (κ3) is 3.02. The molecule has 1 aromatic carbocycles. The third-order valence-electron chi connectivity index (χ3n) is 3.72. The van der Waals surface area contributed by atoms with Crippen molar-refractivity contribution in [2.75, 3.05) is 24.7 Å². The molecular formula is C14H19NO4S. The molecule has 0 aliphatic carbocycles. The number of rotatable bonds is 4. The second-order valence-corrected chi connectivity index (χ2v) is 7.57. The molecular weight excluding hydrogens is 278 g/mol. The number of aliphatic hydroxyl groups excluding tert-OH is 1. The number of nitrogens with zero attached hydrogens (tertiary/aromatic N) is 1. The van der Waals surface area contributed by atoms with Gasteiger partial charge in [0.2, 0.25) is 0 Å². The van der Waals surface area contributed by atoms with Gasteiger partial charge in [0.15, 0.2) is 9.84 Å². The summed E-state index contributed by atoms with van der Waals surface area (Å²) in [5.41, 5.74) is -0.236. The normalized spacial score (nSPS) is 24.5. The number of amides is 1.